The molecule has 2 atom stereocenters. The fraction of sp³-hybridized carbons (Fsp3) is 0.435. The van der Waals surface area contributed by atoms with Crippen molar-refractivity contribution in [2.75, 3.05) is 25.1 Å². The summed E-state index contributed by atoms with van der Waals surface area (Å²) in [6.07, 6.45) is 2.53. The molecule has 0 aromatic heterocycles. The normalized spacial score (nSPS) is 17.0. The van der Waals surface area contributed by atoms with Crippen molar-refractivity contribution < 1.29 is 19.0 Å². The molecule has 2 unspecified atom stereocenters. The van der Waals surface area contributed by atoms with Crippen LogP contribution >= 0.6 is 0 Å². The Balaban J connectivity index is 1.54. The van der Waals surface area contributed by atoms with Crippen LogP contribution in [0.4, 0.5) is 5.69 Å². The van der Waals surface area contributed by atoms with E-state index in [1.165, 1.54) is 0 Å². The largest absolute Gasteiger partial charge is 0.490 e. The highest BCUT2D eigenvalue weighted by Gasteiger charge is 2.21. The average Bonchev–Trinajstić information content (AvgIpc) is 3.27. The maximum atomic E-state index is 12.1. The van der Waals surface area contributed by atoms with E-state index in [1.54, 1.807) is 0 Å². The number of ether oxygens (including phenoxy) is 3. The van der Waals surface area contributed by atoms with Crippen molar-refractivity contribution in [3.8, 4) is 11.5 Å². The minimum atomic E-state index is -0.213. The molecule has 2 N–H and O–H groups in total. The highest BCUT2D eigenvalue weighted by atomic mass is 16.5. The molecular weight excluding hydrogens is 368 g/mol. The minimum absolute atomic E-state index is 0.0807. The van der Waals surface area contributed by atoms with Gasteiger partial charge in [0.1, 0.15) is 0 Å². The SMILES string of the molecule is CCOc1cc(CNC(C)C2CCCO2)ccc1OCC(=O)Nc1ccccc1. The second-order valence-corrected chi connectivity index (χ2v) is 7.14. The lowest BCUT2D eigenvalue weighted by Crippen LogP contribution is -2.36. The number of nitrogens with one attached hydrogen (secondary N) is 2. The van der Waals surface area contributed by atoms with E-state index in [2.05, 4.69) is 17.6 Å². The molecular formula is C23H30N2O4. The Bertz CT molecular complexity index is 776. The van der Waals surface area contributed by atoms with Crippen molar-refractivity contribution in [3.05, 3.63) is 54.1 Å². The lowest BCUT2D eigenvalue weighted by molar-refractivity contribution is -0.118. The van der Waals surface area contributed by atoms with Crippen molar-refractivity contribution in [2.45, 2.75) is 45.4 Å². The summed E-state index contributed by atoms with van der Waals surface area (Å²) in [5.74, 6) is 0.991. The topological polar surface area (TPSA) is 68.8 Å². The van der Waals surface area contributed by atoms with Crippen molar-refractivity contribution in [1.29, 1.82) is 0 Å². The third-order valence-electron chi connectivity index (χ3n) is 4.88. The molecule has 0 saturated carbocycles. The Morgan fingerprint density at radius 1 is 1.17 bits per heavy atom. The lowest BCUT2D eigenvalue weighted by Gasteiger charge is -2.20. The molecule has 1 fully saturated rings. The second kappa shape index (κ2) is 10.8. The van der Waals surface area contributed by atoms with Crippen LogP contribution in [0, 0.1) is 0 Å². The third kappa shape index (κ3) is 6.48. The zero-order valence-electron chi connectivity index (χ0n) is 17.1. The number of carbonyl (C=O) groups is 1. The van der Waals surface area contributed by atoms with Gasteiger partial charge in [-0.05, 0) is 56.5 Å². The molecule has 0 spiro atoms. The first-order valence-electron chi connectivity index (χ1n) is 10.2. The summed E-state index contributed by atoms with van der Waals surface area (Å²) in [4.78, 5) is 12.1. The highest BCUT2D eigenvalue weighted by molar-refractivity contribution is 5.91. The monoisotopic (exact) mass is 398 g/mol. The summed E-state index contributed by atoms with van der Waals surface area (Å²) in [5, 5.41) is 6.33. The number of amides is 1. The molecule has 1 aliphatic rings. The van der Waals surface area contributed by atoms with Gasteiger partial charge in [-0.3, -0.25) is 4.79 Å². The number of rotatable bonds is 10. The zero-order chi connectivity index (χ0) is 20.5. The predicted octanol–water partition coefficient (Wildman–Crippen LogP) is 3.76. The molecule has 0 radical (unpaired) electrons. The molecule has 2 aromatic rings. The Labute approximate surface area is 172 Å². The number of anilines is 1. The van der Waals surface area contributed by atoms with Crippen molar-refractivity contribution in [3.63, 3.8) is 0 Å². The van der Waals surface area contributed by atoms with Crippen LogP contribution in [0.25, 0.3) is 0 Å². The van der Waals surface area contributed by atoms with Crippen LogP contribution in [0.5, 0.6) is 11.5 Å². The smallest absolute Gasteiger partial charge is 0.262 e. The average molecular weight is 399 g/mol. The Morgan fingerprint density at radius 3 is 2.72 bits per heavy atom. The number of hydrogen-bond donors (Lipinski definition) is 2. The number of hydrogen-bond acceptors (Lipinski definition) is 5. The maximum Gasteiger partial charge on any atom is 0.262 e. The molecule has 1 aliphatic heterocycles. The zero-order valence-corrected chi connectivity index (χ0v) is 17.1. The molecule has 3 rings (SSSR count). The number of carbonyl (C=O) groups excluding carboxylic acids is 1. The number of para-hydroxylation sites is 1. The van der Waals surface area contributed by atoms with E-state index in [-0.39, 0.29) is 18.6 Å². The third-order valence-corrected chi connectivity index (χ3v) is 4.88. The van der Waals surface area contributed by atoms with E-state index in [9.17, 15) is 4.79 Å². The molecule has 0 bridgehead atoms. The van der Waals surface area contributed by atoms with E-state index >= 15 is 0 Å². The van der Waals surface area contributed by atoms with E-state index in [1.807, 2.05) is 55.5 Å². The van der Waals surface area contributed by atoms with Crippen LogP contribution in [0.1, 0.15) is 32.3 Å². The van der Waals surface area contributed by atoms with Crippen molar-refractivity contribution in [1.82, 2.24) is 5.32 Å². The highest BCUT2D eigenvalue weighted by Crippen LogP contribution is 2.29. The minimum Gasteiger partial charge on any atom is -0.490 e. The molecule has 1 heterocycles. The lowest BCUT2D eigenvalue weighted by atomic mass is 10.1. The summed E-state index contributed by atoms with van der Waals surface area (Å²) in [7, 11) is 0. The van der Waals surface area contributed by atoms with Gasteiger partial charge in [-0.2, -0.15) is 0 Å². The van der Waals surface area contributed by atoms with Crippen LogP contribution in [-0.4, -0.2) is 37.9 Å². The van der Waals surface area contributed by atoms with E-state index in [0.717, 1.165) is 37.2 Å². The molecule has 6 nitrogen and oxygen atoms in total. The first-order valence-corrected chi connectivity index (χ1v) is 10.2. The van der Waals surface area contributed by atoms with E-state index in [0.29, 0.717) is 24.1 Å². The van der Waals surface area contributed by atoms with Gasteiger partial charge >= 0.3 is 0 Å². The first-order chi connectivity index (χ1) is 14.2. The van der Waals surface area contributed by atoms with Gasteiger partial charge in [0, 0.05) is 24.9 Å². The molecule has 6 heteroatoms. The molecule has 2 aromatic carbocycles. The van der Waals surface area contributed by atoms with Crippen LogP contribution in [0.15, 0.2) is 48.5 Å². The Morgan fingerprint density at radius 2 is 2.00 bits per heavy atom. The van der Waals surface area contributed by atoms with Gasteiger partial charge in [-0.25, -0.2) is 0 Å². The molecule has 156 valence electrons. The fourth-order valence-corrected chi connectivity index (χ4v) is 3.32. The molecule has 0 aliphatic carbocycles. The van der Waals surface area contributed by atoms with Crippen molar-refractivity contribution >= 4 is 11.6 Å². The summed E-state index contributed by atoms with van der Waals surface area (Å²) in [5.41, 5.74) is 1.84. The quantitative estimate of drug-likeness (QED) is 0.638. The standard InChI is InChI=1S/C23H30N2O4/c1-3-27-22-14-18(15-24-17(2)20-10-7-13-28-20)11-12-21(22)29-16-23(26)25-19-8-5-4-6-9-19/h4-6,8-9,11-12,14,17,20,24H,3,7,10,13,15-16H2,1-2H3,(H,25,26). The van der Waals surface area contributed by atoms with Gasteiger partial charge in [0.2, 0.25) is 0 Å². The van der Waals surface area contributed by atoms with Crippen molar-refractivity contribution in [2.24, 2.45) is 0 Å². The summed E-state index contributed by atoms with van der Waals surface area (Å²) in [6.45, 7) is 6.10. The van der Waals surface area contributed by atoms with Crippen LogP contribution in [0.2, 0.25) is 0 Å². The molecule has 29 heavy (non-hydrogen) atoms. The van der Waals surface area contributed by atoms with Gasteiger partial charge in [0.15, 0.2) is 18.1 Å². The van der Waals surface area contributed by atoms with Crippen LogP contribution < -0.4 is 20.1 Å². The van der Waals surface area contributed by atoms with Gasteiger partial charge in [-0.1, -0.05) is 24.3 Å². The van der Waals surface area contributed by atoms with E-state index in [4.69, 9.17) is 14.2 Å². The summed E-state index contributed by atoms with van der Waals surface area (Å²) >= 11 is 0. The second-order valence-electron chi connectivity index (χ2n) is 7.14. The Hall–Kier alpha value is -2.57. The Kier molecular flexibility index (Phi) is 7.90. The summed E-state index contributed by atoms with van der Waals surface area (Å²) in [6, 6.07) is 15.4. The molecule has 1 amide bonds. The van der Waals surface area contributed by atoms with Crippen LogP contribution in [0.3, 0.4) is 0 Å². The van der Waals surface area contributed by atoms with Gasteiger partial charge in [-0.15, -0.1) is 0 Å². The predicted molar refractivity (Wildman–Crippen MR) is 113 cm³/mol. The van der Waals surface area contributed by atoms with Crippen LogP contribution in [-0.2, 0) is 16.1 Å². The van der Waals surface area contributed by atoms with E-state index < -0.39 is 0 Å². The maximum absolute atomic E-state index is 12.1. The fourth-order valence-electron chi connectivity index (χ4n) is 3.32. The molecule has 1 saturated heterocycles. The van der Waals surface area contributed by atoms with Gasteiger partial charge in [0.05, 0.1) is 12.7 Å². The number of benzene rings is 2. The summed E-state index contributed by atoms with van der Waals surface area (Å²) < 4.78 is 17.2. The van der Waals surface area contributed by atoms with Gasteiger partial charge < -0.3 is 24.8 Å². The first kappa shape index (κ1) is 21.1. The van der Waals surface area contributed by atoms with Gasteiger partial charge in [0.25, 0.3) is 5.91 Å².